The number of carbonyl (C=O) groups is 2. The predicted octanol–water partition coefficient (Wildman–Crippen LogP) is 3.12. The molecule has 1 aromatic heterocycles. The number of aliphatic carboxylic acids is 1. The molecule has 0 bridgehead atoms. The van der Waals surface area contributed by atoms with Crippen LogP contribution in [0.3, 0.4) is 0 Å². The van der Waals surface area contributed by atoms with Crippen LogP contribution in [0.5, 0.6) is 0 Å². The zero-order valence-electron chi connectivity index (χ0n) is 13.9. The molecule has 0 spiro atoms. The minimum absolute atomic E-state index is 0.0190. The van der Waals surface area contributed by atoms with E-state index in [1.165, 1.54) is 0 Å². The average Bonchev–Trinajstić information content (AvgIpc) is 3.07. The lowest BCUT2D eigenvalue weighted by Gasteiger charge is -2.38. The van der Waals surface area contributed by atoms with Gasteiger partial charge >= 0.3 is 11.9 Å². The van der Waals surface area contributed by atoms with Gasteiger partial charge in [-0.1, -0.05) is 42.4 Å². The molecule has 0 amide bonds. The summed E-state index contributed by atoms with van der Waals surface area (Å²) in [5.74, 6) is -1.42. The molecule has 2 heterocycles. The van der Waals surface area contributed by atoms with Crippen molar-refractivity contribution >= 4 is 17.8 Å². The van der Waals surface area contributed by atoms with Crippen molar-refractivity contribution in [2.45, 2.75) is 26.2 Å². The van der Waals surface area contributed by atoms with Crippen molar-refractivity contribution in [1.29, 1.82) is 0 Å². The minimum atomic E-state index is -1.11. The molecule has 0 radical (unpaired) electrons. The number of hydrogen-bond acceptors (Lipinski definition) is 5. The minimum Gasteiger partial charge on any atom is -0.481 e. The van der Waals surface area contributed by atoms with Gasteiger partial charge in [-0.3, -0.25) is 4.79 Å². The summed E-state index contributed by atoms with van der Waals surface area (Å²) in [6, 6.07) is 8.96. The highest BCUT2D eigenvalue weighted by molar-refractivity contribution is 5.99. The Morgan fingerprint density at radius 3 is 2.36 bits per heavy atom. The van der Waals surface area contributed by atoms with Crippen LogP contribution in [-0.4, -0.2) is 40.4 Å². The Balaban J connectivity index is 1.91. The van der Waals surface area contributed by atoms with Crippen molar-refractivity contribution in [3.8, 4) is 11.3 Å². The van der Waals surface area contributed by atoms with E-state index < -0.39 is 17.4 Å². The maximum atomic E-state index is 11.8. The topological polar surface area (TPSA) is 104 Å². The van der Waals surface area contributed by atoms with Crippen LogP contribution in [0, 0.1) is 5.41 Å². The van der Waals surface area contributed by atoms with Crippen molar-refractivity contribution in [3.63, 3.8) is 0 Å². The number of piperidine rings is 1. The predicted molar refractivity (Wildman–Crippen MR) is 90.7 cm³/mol. The van der Waals surface area contributed by atoms with E-state index in [0.717, 1.165) is 0 Å². The fourth-order valence-corrected chi connectivity index (χ4v) is 3.34. The zero-order valence-corrected chi connectivity index (χ0v) is 13.9. The summed E-state index contributed by atoms with van der Waals surface area (Å²) in [5.41, 5.74) is -0.0825. The Bertz CT molecular complexity index is 776. The highest BCUT2D eigenvalue weighted by Gasteiger charge is 2.41. The first-order valence-corrected chi connectivity index (χ1v) is 8.25. The summed E-state index contributed by atoms with van der Waals surface area (Å²) in [6.07, 6.45) is 1.45. The molecule has 25 heavy (non-hydrogen) atoms. The van der Waals surface area contributed by atoms with Crippen LogP contribution in [-0.2, 0) is 4.79 Å². The van der Waals surface area contributed by atoms with Crippen LogP contribution in [0.25, 0.3) is 11.3 Å². The molecule has 1 saturated heterocycles. The van der Waals surface area contributed by atoms with Gasteiger partial charge in [0.25, 0.3) is 0 Å². The van der Waals surface area contributed by atoms with E-state index in [1.54, 1.807) is 29.2 Å². The molecular formula is C18H20N2O5. The number of anilines is 1. The Morgan fingerprint density at radius 1 is 1.20 bits per heavy atom. The highest BCUT2D eigenvalue weighted by Crippen LogP contribution is 2.39. The second-order valence-corrected chi connectivity index (χ2v) is 6.31. The smallest absolute Gasteiger partial charge is 0.343 e. The first-order chi connectivity index (χ1) is 12.0. The van der Waals surface area contributed by atoms with Gasteiger partial charge in [-0.05, 0) is 19.3 Å². The van der Waals surface area contributed by atoms with Crippen LogP contribution in [0.1, 0.15) is 36.5 Å². The maximum absolute atomic E-state index is 11.8. The summed E-state index contributed by atoms with van der Waals surface area (Å²) in [6.45, 7) is 2.73. The molecule has 0 aliphatic carbocycles. The first-order valence-electron chi connectivity index (χ1n) is 8.25. The number of hydrogen-bond donors (Lipinski definition) is 2. The van der Waals surface area contributed by atoms with E-state index >= 15 is 0 Å². The Morgan fingerprint density at radius 2 is 1.84 bits per heavy atom. The molecule has 1 aromatic carbocycles. The summed E-state index contributed by atoms with van der Waals surface area (Å²) in [7, 11) is 0. The average molecular weight is 344 g/mol. The Labute approximate surface area is 144 Å². The summed E-state index contributed by atoms with van der Waals surface area (Å²) in [5, 5.41) is 23.1. The van der Waals surface area contributed by atoms with Crippen molar-refractivity contribution in [3.05, 3.63) is 35.9 Å². The lowest BCUT2D eigenvalue weighted by molar-refractivity contribution is -0.150. The molecule has 1 aliphatic heterocycles. The summed E-state index contributed by atoms with van der Waals surface area (Å²) in [4.78, 5) is 25.2. The second kappa shape index (κ2) is 6.58. The van der Waals surface area contributed by atoms with Gasteiger partial charge in [0.15, 0.2) is 17.1 Å². The fraction of sp³-hybridized carbons (Fsp3) is 0.389. The van der Waals surface area contributed by atoms with Gasteiger partial charge in [0, 0.05) is 18.7 Å². The third kappa shape index (κ3) is 2.97. The molecular weight excluding hydrogens is 324 g/mol. The molecule has 2 aromatic rings. The van der Waals surface area contributed by atoms with Crippen LogP contribution in [0.4, 0.5) is 5.82 Å². The number of aromatic nitrogens is 1. The number of carboxylic acids is 2. The van der Waals surface area contributed by atoms with Crippen molar-refractivity contribution in [1.82, 2.24) is 5.16 Å². The molecule has 0 atom stereocenters. The molecule has 1 fully saturated rings. The van der Waals surface area contributed by atoms with Gasteiger partial charge in [0.05, 0.1) is 5.41 Å². The SMILES string of the molecule is CCC1(C(=O)O)CCN(c2noc(-c3ccccc3)c2C(=O)O)CC1. The van der Waals surface area contributed by atoms with Crippen LogP contribution >= 0.6 is 0 Å². The lowest BCUT2D eigenvalue weighted by atomic mass is 9.76. The number of carboxylic acid groups (broad SMARTS) is 2. The second-order valence-electron chi connectivity index (χ2n) is 6.31. The summed E-state index contributed by atoms with van der Waals surface area (Å²) >= 11 is 0. The number of nitrogens with zero attached hydrogens (tertiary/aromatic N) is 2. The highest BCUT2D eigenvalue weighted by atomic mass is 16.5. The van der Waals surface area contributed by atoms with Gasteiger partial charge in [-0.2, -0.15) is 0 Å². The number of rotatable bonds is 5. The van der Waals surface area contributed by atoms with Crippen LogP contribution in [0.2, 0.25) is 0 Å². The third-order valence-electron chi connectivity index (χ3n) is 5.07. The van der Waals surface area contributed by atoms with Crippen molar-refractivity contribution < 1.29 is 24.3 Å². The Kier molecular flexibility index (Phi) is 4.48. The number of benzene rings is 1. The van der Waals surface area contributed by atoms with Crippen LogP contribution in [0.15, 0.2) is 34.9 Å². The normalized spacial score (nSPS) is 16.6. The first kappa shape index (κ1) is 17.0. The number of aromatic carboxylic acids is 1. The maximum Gasteiger partial charge on any atom is 0.343 e. The fourth-order valence-electron chi connectivity index (χ4n) is 3.34. The van der Waals surface area contributed by atoms with E-state index in [-0.39, 0.29) is 17.1 Å². The lowest BCUT2D eigenvalue weighted by Crippen LogP contribution is -2.44. The molecule has 0 saturated carbocycles. The molecule has 1 aliphatic rings. The van der Waals surface area contributed by atoms with E-state index in [1.807, 2.05) is 13.0 Å². The molecule has 2 N–H and O–H groups in total. The van der Waals surface area contributed by atoms with Crippen LogP contribution < -0.4 is 4.90 Å². The largest absolute Gasteiger partial charge is 0.481 e. The van der Waals surface area contributed by atoms with Crippen molar-refractivity contribution in [2.24, 2.45) is 5.41 Å². The molecule has 0 unspecified atom stereocenters. The standard InChI is InChI=1S/C18H20N2O5/c1-2-18(17(23)24)8-10-20(11-9-18)15-13(16(21)22)14(25-19-15)12-6-4-3-5-7-12/h3-7H,2,8-11H2,1H3,(H,21,22)(H,23,24). The zero-order chi connectivity index (χ0) is 18.0. The molecule has 7 heteroatoms. The van der Waals surface area contributed by atoms with Crippen molar-refractivity contribution in [2.75, 3.05) is 18.0 Å². The van der Waals surface area contributed by atoms with Gasteiger partial charge in [-0.25, -0.2) is 4.79 Å². The van der Waals surface area contributed by atoms with E-state index in [9.17, 15) is 19.8 Å². The quantitative estimate of drug-likeness (QED) is 0.858. The Hall–Kier alpha value is -2.83. The third-order valence-corrected chi connectivity index (χ3v) is 5.07. The monoisotopic (exact) mass is 344 g/mol. The van der Waals surface area contributed by atoms with E-state index in [2.05, 4.69) is 5.16 Å². The molecule has 7 nitrogen and oxygen atoms in total. The van der Waals surface area contributed by atoms with Gasteiger partial charge in [0.2, 0.25) is 0 Å². The van der Waals surface area contributed by atoms with Gasteiger partial charge < -0.3 is 19.6 Å². The molecule has 3 rings (SSSR count). The van der Waals surface area contributed by atoms with E-state index in [4.69, 9.17) is 4.52 Å². The molecule has 132 valence electrons. The van der Waals surface area contributed by atoms with Gasteiger partial charge in [-0.15, -0.1) is 0 Å². The van der Waals surface area contributed by atoms with E-state index in [0.29, 0.717) is 37.9 Å². The van der Waals surface area contributed by atoms with Gasteiger partial charge in [0.1, 0.15) is 0 Å². The summed E-state index contributed by atoms with van der Waals surface area (Å²) < 4.78 is 5.33.